The number of unbranched alkanes of at least 4 members (excludes halogenated alkanes) is 4. The number of carbonyl (C=O) groups is 3. The SMILES string of the molecule is CCCCCCC[C@H](NC(=O)c1cnc2ccccc2n1)c1c(C(=O)O)cccc1C(=O)NC. The smallest absolute Gasteiger partial charge is 0.336 e. The minimum atomic E-state index is -1.16. The molecule has 0 spiro atoms. The van der Waals surface area contributed by atoms with Gasteiger partial charge >= 0.3 is 5.97 Å². The van der Waals surface area contributed by atoms with Gasteiger partial charge in [-0.25, -0.2) is 9.78 Å². The molecule has 0 radical (unpaired) electrons. The largest absolute Gasteiger partial charge is 0.478 e. The van der Waals surface area contributed by atoms with E-state index in [4.69, 9.17) is 0 Å². The van der Waals surface area contributed by atoms with Gasteiger partial charge in [-0.3, -0.25) is 14.6 Å². The molecular weight excluding hydrogens is 432 g/mol. The van der Waals surface area contributed by atoms with Gasteiger partial charge in [0.1, 0.15) is 5.69 Å². The lowest BCUT2D eigenvalue weighted by Gasteiger charge is -2.23. The van der Waals surface area contributed by atoms with Gasteiger partial charge in [0.15, 0.2) is 0 Å². The molecule has 0 saturated carbocycles. The van der Waals surface area contributed by atoms with E-state index in [0.29, 0.717) is 23.0 Å². The molecule has 0 bridgehead atoms. The van der Waals surface area contributed by atoms with Gasteiger partial charge in [-0.2, -0.15) is 0 Å². The molecule has 178 valence electrons. The summed E-state index contributed by atoms with van der Waals surface area (Å²) < 4.78 is 0. The van der Waals surface area contributed by atoms with E-state index in [1.54, 1.807) is 12.1 Å². The van der Waals surface area contributed by atoms with Crippen LogP contribution in [0.2, 0.25) is 0 Å². The zero-order valence-corrected chi connectivity index (χ0v) is 19.5. The highest BCUT2D eigenvalue weighted by Crippen LogP contribution is 2.28. The van der Waals surface area contributed by atoms with Gasteiger partial charge in [0.2, 0.25) is 0 Å². The Balaban J connectivity index is 1.97. The molecule has 0 aliphatic heterocycles. The number of amides is 2. The third kappa shape index (κ3) is 5.95. The minimum Gasteiger partial charge on any atom is -0.478 e. The molecular formula is C26H30N4O4. The maximum atomic E-state index is 13.2. The lowest BCUT2D eigenvalue weighted by atomic mass is 9.90. The molecule has 8 heteroatoms. The van der Waals surface area contributed by atoms with Crippen LogP contribution in [0.1, 0.15) is 88.3 Å². The summed E-state index contributed by atoms with van der Waals surface area (Å²) in [5.41, 5.74) is 1.90. The molecule has 1 atom stereocenters. The van der Waals surface area contributed by atoms with E-state index in [1.165, 1.54) is 25.4 Å². The fourth-order valence-corrected chi connectivity index (χ4v) is 4.00. The number of nitrogens with one attached hydrogen (secondary N) is 2. The Morgan fingerprint density at radius 2 is 1.62 bits per heavy atom. The predicted octanol–water partition coefficient (Wildman–Crippen LogP) is 4.52. The summed E-state index contributed by atoms with van der Waals surface area (Å²) in [5, 5.41) is 15.3. The fourth-order valence-electron chi connectivity index (χ4n) is 4.00. The van der Waals surface area contributed by atoms with E-state index in [0.717, 1.165) is 32.1 Å². The average molecular weight is 463 g/mol. The minimum absolute atomic E-state index is 0.00967. The van der Waals surface area contributed by atoms with Crippen molar-refractivity contribution >= 4 is 28.8 Å². The Morgan fingerprint density at radius 1 is 0.912 bits per heavy atom. The van der Waals surface area contributed by atoms with Crippen LogP contribution >= 0.6 is 0 Å². The van der Waals surface area contributed by atoms with E-state index >= 15 is 0 Å². The molecule has 0 aliphatic rings. The third-order valence-corrected chi connectivity index (χ3v) is 5.74. The van der Waals surface area contributed by atoms with Crippen LogP contribution in [0.3, 0.4) is 0 Å². The molecule has 2 amide bonds. The second kappa shape index (κ2) is 11.9. The summed E-state index contributed by atoms with van der Waals surface area (Å²) in [5.74, 6) is -2.04. The Labute approximate surface area is 198 Å². The number of para-hydroxylation sites is 2. The van der Waals surface area contributed by atoms with Crippen molar-refractivity contribution in [2.45, 2.75) is 51.5 Å². The number of fused-ring (bicyclic) bond motifs is 1. The summed E-state index contributed by atoms with van der Waals surface area (Å²) in [7, 11) is 1.49. The van der Waals surface area contributed by atoms with Crippen molar-refractivity contribution in [3.8, 4) is 0 Å². The zero-order chi connectivity index (χ0) is 24.5. The van der Waals surface area contributed by atoms with Gasteiger partial charge in [-0.1, -0.05) is 57.2 Å². The second-order valence-corrected chi connectivity index (χ2v) is 8.12. The predicted molar refractivity (Wildman–Crippen MR) is 130 cm³/mol. The van der Waals surface area contributed by atoms with Crippen LogP contribution in [0, 0.1) is 0 Å². The molecule has 1 aromatic heterocycles. The first-order valence-electron chi connectivity index (χ1n) is 11.6. The summed E-state index contributed by atoms with van der Waals surface area (Å²) >= 11 is 0. The lowest BCUT2D eigenvalue weighted by molar-refractivity contribution is 0.0693. The number of benzene rings is 2. The van der Waals surface area contributed by atoms with Gasteiger partial charge in [0.25, 0.3) is 11.8 Å². The summed E-state index contributed by atoms with van der Waals surface area (Å²) in [6.07, 6.45) is 6.87. The summed E-state index contributed by atoms with van der Waals surface area (Å²) in [6, 6.07) is 11.1. The molecule has 0 aliphatic carbocycles. The van der Waals surface area contributed by atoms with Crippen LogP contribution in [-0.4, -0.2) is 39.9 Å². The van der Waals surface area contributed by atoms with Crippen LogP contribution < -0.4 is 10.6 Å². The number of hydrogen-bond donors (Lipinski definition) is 3. The van der Waals surface area contributed by atoms with E-state index in [1.807, 2.05) is 18.2 Å². The van der Waals surface area contributed by atoms with Crippen molar-refractivity contribution in [3.63, 3.8) is 0 Å². The highest BCUT2D eigenvalue weighted by Gasteiger charge is 2.27. The number of hydrogen-bond acceptors (Lipinski definition) is 5. The Bertz CT molecular complexity index is 1180. The van der Waals surface area contributed by atoms with Crippen molar-refractivity contribution in [1.29, 1.82) is 0 Å². The number of carboxylic acids is 1. The van der Waals surface area contributed by atoms with E-state index in [2.05, 4.69) is 27.5 Å². The van der Waals surface area contributed by atoms with Gasteiger partial charge in [0, 0.05) is 18.2 Å². The van der Waals surface area contributed by atoms with E-state index in [-0.39, 0.29) is 16.8 Å². The van der Waals surface area contributed by atoms with Crippen molar-refractivity contribution in [2.75, 3.05) is 7.05 Å². The molecule has 0 fully saturated rings. The molecule has 3 rings (SSSR count). The highest BCUT2D eigenvalue weighted by atomic mass is 16.4. The monoisotopic (exact) mass is 462 g/mol. The number of carboxylic acid groups (broad SMARTS) is 1. The first-order valence-corrected chi connectivity index (χ1v) is 11.6. The molecule has 34 heavy (non-hydrogen) atoms. The topological polar surface area (TPSA) is 121 Å². The highest BCUT2D eigenvalue weighted by molar-refractivity contribution is 6.01. The maximum absolute atomic E-state index is 13.2. The van der Waals surface area contributed by atoms with Crippen LogP contribution in [0.4, 0.5) is 0 Å². The maximum Gasteiger partial charge on any atom is 0.336 e. The molecule has 8 nitrogen and oxygen atoms in total. The van der Waals surface area contributed by atoms with Crippen molar-refractivity contribution in [1.82, 2.24) is 20.6 Å². The molecule has 0 unspecified atom stereocenters. The zero-order valence-electron chi connectivity index (χ0n) is 19.5. The Morgan fingerprint density at radius 3 is 2.32 bits per heavy atom. The van der Waals surface area contributed by atoms with Crippen LogP contribution in [0.15, 0.2) is 48.7 Å². The van der Waals surface area contributed by atoms with Crippen LogP contribution in [0.5, 0.6) is 0 Å². The van der Waals surface area contributed by atoms with Crippen LogP contribution in [-0.2, 0) is 0 Å². The summed E-state index contributed by atoms with van der Waals surface area (Å²) in [4.78, 5) is 46.5. The van der Waals surface area contributed by atoms with Gasteiger partial charge in [-0.15, -0.1) is 0 Å². The van der Waals surface area contributed by atoms with Crippen molar-refractivity contribution in [2.24, 2.45) is 0 Å². The number of rotatable bonds is 11. The Kier molecular flexibility index (Phi) is 8.67. The molecule has 2 aromatic carbocycles. The number of nitrogens with zero attached hydrogens (tertiary/aromatic N) is 2. The lowest BCUT2D eigenvalue weighted by Crippen LogP contribution is -2.33. The third-order valence-electron chi connectivity index (χ3n) is 5.74. The number of aromatic nitrogens is 2. The Hall–Kier alpha value is -3.81. The quantitative estimate of drug-likeness (QED) is 0.360. The second-order valence-electron chi connectivity index (χ2n) is 8.12. The standard InChI is InChI=1S/C26H30N4O4/c1-3-4-5-6-7-15-21(23-17(24(31)27-2)11-10-12-18(23)26(33)34)30-25(32)22-16-28-19-13-8-9-14-20(19)29-22/h8-14,16,21H,3-7,15H2,1-2H3,(H,27,31)(H,30,32)(H,33,34)/t21-/m0/s1. The van der Waals surface area contributed by atoms with Crippen molar-refractivity contribution < 1.29 is 19.5 Å². The van der Waals surface area contributed by atoms with Crippen molar-refractivity contribution in [3.05, 3.63) is 71.0 Å². The molecule has 0 saturated heterocycles. The average Bonchev–Trinajstić information content (AvgIpc) is 2.86. The first kappa shape index (κ1) is 24.8. The van der Waals surface area contributed by atoms with Gasteiger partial charge in [-0.05, 0) is 30.7 Å². The normalized spacial score (nSPS) is 11.7. The van der Waals surface area contributed by atoms with E-state index in [9.17, 15) is 19.5 Å². The number of carbonyl (C=O) groups excluding carboxylic acids is 2. The van der Waals surface area contributed by atoms with Gasteiger partial charge in [0.05, 0.1) is 28.8 Å². The fraction of sp³-hybridized carbons (Fsp3) is 0.346. The number of aromatic carboxylic acids is 1. The molecule has 1 heterocycles. The van der Waals surface area contributed by atoms with Crippen LogP contribution in [0.25, 0.3) is 11.0 Å². The summed E-state index contributed by atoms with van der Waals surface area (Å²) in [6.45, 7) is 2.13. The van der Waals surface area contributed by atoms with E-state index < -0.39 is 23.8 Å². The molecule has 3 N–H and O–H groups in total. The first-order chi connectivity index (χ1) is 16.5. The van der Waals surface area contributed by atoms with Gasteiger partial charge < -0.3 is 15.7 Å². The molecule has 3 aromatic rings.